The van der Waals surface area contributed by atoms with Crippen molar-refractivity contribution in [2.75, 3.05) is 7.05 Å². The average molecular weight is 287 g/mol. The maximum Gasteiger partial charge on any atom is 0.0942 e. The van der Waals surface area contributed by atoms with E-state index in [-0.39, 0.29) is 6.04 Å². The van der Waals surface area contributed by atoms with Gasteiger partial charge in [0.05, 0.1) is 12.3 Å². The second kappa shape index (κ2) is 6.87. The first-order valence-corrected chi connectivity index (χ1v) is 7.46. The summed E-state index contributed by atoms with van der Waals surface area (Å²) >= 11 is 0. The lowest BCUT2D eigenvalue weighted by molar-refractivity contribution is 0.0688. The fourth-order valence-corrected chi connectivity index (χ4v) is 2.46. The lowest BCUT2D eigenvalue weighted by atomic mass is 10.0. The molecule has 2 rings (SSSR count). The molecule has 0 radical (unpaired) electrons. The Morgan fingerprint density at radius 1 is 1.24 bits per heavy atom. The largest absolute Gasteiger partial charge is 0.387 e. The van der Waals surface area contributed by atoms with E-state index in [0.29, 0.717) is 0 Å². The zero-order valence-electron chi connectivity index (χ0n) is 13.3. The predicted molar refractivity (Wildman–Crippen MR) is 84.9 cm³/mol. The summed E-state index contributed by atoms with van der Waals surface area (Å²) < 4.78 is 1.80. The number of nitrogens with zero attached hydrogens (tertiary/aromatic N) is 3. The van der Waals surface area contributed by atoms with Gasteiger partial charge in [-0.15, -0.1) is 0 Å². The van der Waals surface area contributed by atoms with Gasteiger partial charge >= 0.3 is 0 Å². The van der Waals surface area contributed by atoms with Gasteiger partial charge in [0, 0.05) is 31.4 Å². The summed E-state index contributed by atoms with van der Waals surface area (Å²) in [4.78, 5) is 2.15. The fourth-order valence-electron chi connectivity index (χ4n) is 2.46. The van der Waals surface area contributed by atoms with Gasteiger partial charge in [-0.25, -0.2) is 0 Å². The monoisotopic (exact) mass is 287 g/mol. The van der Waals surface area contributed by atoms with E-state index in [1.807, 2.05) is 38.6 Å². The Morgan fingerprint density at radius 3 is 2.43 bits per heavy atom. The summed E-state index contributed by atoms with van der Waals surface area (Å²) in [5.41, 5.74) is 3.42. The Bertz CT molecular complexity index is 562. The zero-order valence-corrected chi connectivity index (χ0v) is 13.3. The molecule has 0 amide bonds. The molecule has 1 aromatic heterocycles. The number of aromatic nitrogens is 2. The number of rotatable bonds is 6. The van der Waals surface area contributed by atoms with Gasteiger partial charge in [-0.2, -0.15) is 5.10 Å². The summed E-state index contributed by atoms with van der Waals surface area (Å²) in [6.45, 7) is 4.96. The van der Waals surface area contributed by atoms with Gasteiger partial charge < -0.3 is 5.11 Å². The molecule has 4 nitrogen and oxygen atoms in total. The van der Waals surface area contributed by atoms with Gasteiger partial charge in [0.15, 0.2) is 0 Å². The van der Waals surface area contributed by atoms with Crippen LogP contribution in [0.15, 0.2) is 36.7 Å². The van der Waals surface area contributed by atoms with E-state index in [4.69, 9.17) is 0 Å². The lowest BCUT2D eigenvalue weighted by Crippen LogP contribution is -2.33. The number of benzene rings is 1. The van der Waals surface area contributed by atoms with Crippen molar-refractivity contribution >= 4 is 0 Å². The van der Waals surface area contributed by atoms with Crippen molar-refractivity contribution in [3.05, 3.63) is 53.3 Å². The molecule has 2 atom stereocenters. The summed E-state index contributed by atoms with van der Waals surface area (Å²) in [6, 6.07) is 8.27. The topological polar surface area (TPSA) is 41.3 Å². The molecule has 1 heterocycles. The SMILES string of the molecule is CCc1ccc(C(O)C(C)N(C)Cc2cnn(C)c2)cc1. The highest BCUT2D eigenvalue weighted by Gasteiger charge is 2.20. The Morgan fingerprint density at radius 2 is 1.90 bits per heavy atom. The van der Waals surface area contributed by atoms with Crippen LogP contribution in [0.25, 0.3) is 0 Å². The molecule has 114 valence electrons. The molecular formula is C17H25N3O. The molecule has 0 aliphatic carbocycles. The Balaban J connectivity index is 2.01. The second-order valence-corrected chi connectivity index (χ2v) is 5.72. The van der Waals surface area contributed by atoms with Crippen LogP contribution in [0.3, 0.4) is 0 Å². The highest BCUT2D eigenvalue weighted by atomic mass is 16.3. The van der Waals surface area contributed by atoms with E-state index in [9.17, 15) is 5.11 Å². The van der Waals surface area contributed by atoms with E-state index in [1.165, 1.54) is 5.56 Å². The summed E-state index contributed by atoms with van der Waals surface area (Å²) in [7, 11) is 3.94. The average Bonchev–Trinajstić information content (AvgIpc) is 2.90. The van der Waals surface area contributed by atoms with Gasteiger partial charge in [0.25, 0.3) is 0 Å². The molecule has 1 N–H and O–H groups in total. The number of aliphatic hydroxyl groups excluding tert-OH is 1. The van der Waals surface area contributed by atoms with Gasteiger partial charge in [-0.05, 0) is 31.5 Å². The van der Waals surface area contributed by atoms with Crippen LogP contribution in [0.5, 0.6) is 0 Å². The first-order valence-electron chi connectivity index (χ1n) is 7.46. The van der Waals surface area contributed by atoms with Gasteiger partial charge in [-0.1, -0.05) is 31.2 Å². The minimum atomic E-state index is -0.488. The summed E-state index contributed by atoms with van der Waals surface area (Å²) in [5.74, 6) is 0. The number of aryl methyl sites for hydroxylation is 2. The Kier molecular flexibility index (Phi) is 5.15. The quantitative estimate of drug-likeness (QED) is 0.887. The van der Waals surface area contributed by atoms with Crippen molar-refractivity contribution in [3.8, 4) is 0 Å². The number of likely N-dealkylation sites (N-methyl/N-ethyl adjacent to an activating group) is 1. The van der Waals surface area contributed by atoms with Crippen LogP contribution >= 0.6 is 0 Å². The van der Waals surface area contributed by atoms with Crippen LogP contribution in [0, 0.1) is 0 Å². The van der Waals surface area contributed by atoms with Crippen molar-refractivity contribution in [3.63, 3.8) is 0 Å². The third-order valence-electron chi connectivity index (χ3n) is 4.07. The molecule has 2 unspecified atom stereocenters. The minimum absolute atomic E-state index is 0.0395. The molecule has 0 spiro atoms. The van der Waals surface area contributed by atoms with Crippen LogP contribution in [0.1, 0.15) is 36.6 Å². The van der Waals surface area contributed by atoms with E-state index in [0.717, 1.165) is 24.1 Å². The smallest absolute Gasteiger partial charge is 0.0942 e. The highest BCUT2D eigenvalue weighted by molar-refractivity contribution is 5.25. The molecule has 0 fully saturated rings. The van der Waals surface area contributed by atoms with Gasteiger partial charge in [0.1, 0.15) is 0 Å². The van der Waals surface area contributed by atoms with Crippen molar-refractivity contribution in [2.24, 2.45) is 7.05 Å². The molecule has 21 heavy (non-hydrogen) atoms. The Hall–Kier alpha value is -1.65. The van der Waals surface area contributed by atoms with Gasteiger partial charge in [0.2, 0.25) is 0 Å². The van der Waals surface area contributed by atoms with Crippen LogP contribution in [0.2, 0.25) is 0 Å². The summed E-state index contributed by atoms with van der Waals surface area (Å²) in [6.07, 6.45) is 4.40. The molecule has 2 aromatic rings. The van der Waals surface area contributed by atoms with Crippen molar-refractivity contribution in [1.29, 1.82) is 0 Å². The van der Waals surface area contributed by atoms with E-state index in [1.54, 1.807) is 4.68 Å². The normalized spacial score (nSPS) is 14.4. The molecule has 0 bridgehead atoms. The summed E-state index contributed by atoms with van der Waals surface area (Å²) in [5, 5.41) is 14.7. The van der Waals surface area contributed by atoms with Crippen LogP contribution in [0.4, 0.5) is 0 Å². The number of hydrogen-bond donors (Lipinski definition) is 1. The maximum atomic E-state index is 10.5. The minimum Gasteiger partial charge on any atom is -0.387 e. The van der Waals surface area contributed by atoms with Gasteiger partial charge in [-0.3, -0.25) is 9.58 Å². The van der Waals surface area contributed by atoms with E-state index >= 15 is 0 Å². The zero-order chi connectivity index (χ0) is 15.4. The van der Waals surface area contributed by atoms with Crippen molar-refractivity contribution in [2.45, 2.75) is 39.0 Å². The van der Waals surface area contributed by atoms with Crippen LogP contribution in [-0.2, 0) is 20.0 Å². The van der Waals surface area contributed by atoms with Crippen molar-refractivity contribution < 1.29 is 5.11 Å². The third-order valence-corrected chi connectivity index (χ3v) is 4.07. The van der Waals surface area contributed by atoms with E-state index in [2.05, 4.69) is 36.0 Å². The lowest BCUT2D eigenvalue weighted by Gasteiger charge is -2.28. The molecule has 0 saturated heterocycles. The Labute approximate surface area is 127 Å². The molecule has 0 aliphatic rings. The predicted octanol–water partition coefficient (Wildman–Crippen LogP) is 2.54. The van der Waals surface area contributed by atoms with E-state index < -0.39 is 6.10 Å². The third kappa shape index (κ3) is 3.93. The standard InChI is InChI=1S/C17H25N3O/c1-5-14-6-8-16(9-7-14)17(21)13(2)19(3)11-15-10-18-20(4)12-15/h6-10,12-13,17,21H,5,11H2,1-4H3. The fraction of sp³-hybridized carbons (Fsp3) is 0.471. The van der Waals surface area contributed by atoms with Crippen LogP contribution < -0.4 is 0 Å². The second-order valence-electron chi connectivity index (χ2n) is 5.72. The van der Waals surface area contributed by atoms with Crippen molar-refractivity contribution in [1.82, 2.24) is 14.7 Å². The molecule has 1 aromatic carbocycles. The first kappa shape index (κ1) is 15.7. The number of aliphatic hydroxyl groups is 1. The molecule has 0 aliphatic heterocycles. The first-order chi connectivity index (χ1) is 10.0. The molecular weight excluding hydrogens is 262 g/mol. The van der Waals surface area contributed by atoms with Crippen LogP contribution in [-0.4, -0.2) is 32.9 Å². The number of hydrogen-bond acceptors (Lipinski definition) is 3. The molecule has 4 heteroatoms. The highest BCUT2D eigenvalue weighted by Crippen LogP contribution is 2.22. The molecule has 0 saturated carbocycles. The maximum absolute atomic E-state index is 10.5.